The summed E-state index contributed by atoms with van der Waals surface area (Å²) in [6, 6.07) is 11.7. The summed E-state index contributed by atoms with van der Waals surface area (Å²) in [4.78, 5) is 14.3. The number of nitrogens with one attached hydrogen (secondary N) is 1. The van der Waals surface area contributed by atoms with E-state index < -0.39 is 27.8 Å². The summed E-state index contributed by atoms with van der Waals surface area (Å²) in [5.41, 5.74) is 1.57. The maximum Gasteiger partial charge on any atom is 0.321 e. The smallest absolute Gasteiger partial charge is 0.321 e. The average Bonchev–Trinajstić information content (AvgIpc) is 2.60. The number of hydrogen-bond donors (Lipinski definition) is 2. The zero-order valence-corrected chi connectivity index (χ0v) is 17.6. The quantitative estimate of drug-likeness (QED) is 0.681. The van der Waals surface area contributed by atoms with Crippen molar-refractivity contribution < 1.29 is 22.7 Å². The van der Waals surface area contributed by atoms with Gasteiger partial charge in [0.1, 0.15) is 5.82 Å². The minimum atomic E-state index is -3.19. The van der Waals surface area contributed by atoms with E-state index in [1.807, 2.05) is 13.8 Å². The maximum atomic E-state index is 13.1. The third kappa shape index (κ3) is 7.83. The number of amides is 2. The number of aliphatic hydroxyl groups excluding tert-OH is 1. The molecule has 0 aliphatic rings. The van der Waals surface area contributed by atoms with Gasteiger partial charge in [-0.15, -0.1) is 0 Å². The molecule has 0 saturated heterocycles. The van der Waals surface area contributed by atoms with Gasteiger partial charge in [-0.3, -0.25) is 0 Å². The van der Waals surface area contributed by atoms with Crippen LogP contribution in [0.1, 0.15) is 31.1 Å². The molecule has 0 spiro atoms. The molecule has 0 saturated carbocycles. The number of halogens is 1. The molecule has 2 aromatic carbocycles. The monoisotopic (exact) mass is 422 g/mol. The van der Waals surface area contributed by atoms with Gasteiger partial charge in [0.2, 0.25) is 0 Å². The molecule has 6 nitrogen and oxygen atoms in total. The van der Waals surface area contributed by atoms with Crippen molar-refractivity contribution in [2.24, 2.45) is 5.92 Å². The number of urea groups is 1. The molecule has 0 bridgehead atoms. The third-order valence-electron chi connectivity index (χ3n) is 4.13. The second-order valence-electron chi connectivity index (χ2n) is 7.57. The van der Waals surface area contributed by atoms with Crippen molar-refractivity contribution in [3.63, 3.8) is 0 Å². The van der Waals surface area contributed by atoms with Crippen molar-refractivity contribution in [1.82, 2.24) is 4.90 Å². The molecule has 29 heavy (non-hydrogen) atoms. The maximum absolute atomic E-state index is 13.1. The van der Waals surface area contributed by atoms with E-state index in [1.54, 1.807) is 24.3 Å². The van der Waals surface area contributed by atoms with Gasteiger partial charge in [-0.1, -0.05) is 38.1 Å². The largest absolute Gasteiger partial charge is 0.387 e. The van der Waals surface area contributed by atoms with Gasteiger partial charge in [0.15, 0.2) is 9.84 Å². The number of rotatable bonds is 8. The van der Waals surface area contributed by atoms with Crippen LogP contribution in [0.25, 0.3) is 0 Å². The van der Waals surface area contributed by atoms with Crippen LogP contribution in [0.4, 0.5) is 14.9 Å². The second kappa shape index (κ2) is 9.84. The Labute approximate surface area is 171 Å². The highest BCUT2D eigenvalue weighted by Gasteiger charge is 2.20. The lowest BCUT2D eigenvalue weighted by Gasteiger charge is -2.27. The molecule has 8 heteroatoms. The van der Waals surface area contributed by atoms with Crippen molar-refractivity contribution in [2.75, 3.05) is 24.7 Å². The number of hydrogen-bond acceptors (Lipinski definition) is 4. The Hall–Kier alpha value is -2.45. The van der Waals surface area contributed by atoms with Gasteiger partial charge in [-0.2, -0.15) is 0 Å². The van der Waals surface area contributed by atoms with Gasteiger partial charge in [0, 0.05) is 18.5 Å². The van der Waals surface area contributed by atoms with E-state index in [-0.39, 0.29) is 18.2 Å². The molecular weight excluding hydrogens is 395 g/mol. The van der Waals surface area contributed by atoms with Crippen LogP contribution < -0.4 is 5.32 Å². The van der Waals surface area contributed by atoms with Gasteiger partial charge in [-0.05, 0) is 41.3 Å². The average molecular weight is 423 g/mol. The standard InChI is InChI=1S/C21H27FN2O4S/c1-15(2)12-24(13-20(25)17-7-9-18(22)10-8-17)21(26)23-19-6-4-5-16(11-19)14-29(3,27)28/h4-11,15,20,25H,12-14H2,1-3H3,(H,23,26). The van der Waals surface area contributed by atoms with Crippen molar-refractivity contribution >= 4 is 21.6 Å². The second-order valence-corrected chi connectivity index (χ2v) is 9.71. The third-order valence-corrected chi connectivity index (χ3v) is 4.99. The molecule has 2 amide bonds. The van der Waals surface area contributed by atoms with Crippen molar-refractivity contribution in [1.29, 1.82) is 0 Å². The van der Waals surface area contributed by atoms with Crippen LogP contribution in [0.2, 0.25) is 0 Å². The Kier molecular flexibility index (Phi) is 7.75. The molecule has 0 aromatic heterocycles. The Morgan fingerprint density at radius 3 is 2.38 bits per heavy atom. The van der Waals surface area contributed by atoms with E-state index in [1.165, 1.54) is 29.2 Å². The molecule has 0 aliphatic carbocycles. The van der Waals surface area contributed by atoms with E-state index >= 15 is 0 Å². The van der Waals surface area contributed by atoms with Crippen molar-refractivity contribution in [3.05, 3.63) is 65.5 Å². The molecule has 0 aliphatic heterocycles. The number of aliphatic hydroxyl groups is 1. The zero-order valence-electron chi connectivity index (χ0n) is 16.8. The van der Waals surface area contributed by atoms with Gasteiger partial charge >= 0.3 is 6.03 Å². The Morgan fingerprint density at radius 2 is 1.79 bits per heavy atom. The fourth-order valence-corrected chi connectivity index (χ4v) is 3.71. The molecule has 158 valence electrons. The van der Waals surface area contributed by atoms with Gasteiger partial charge in [0.05, 0.1) is 18.4 Å². The lowest BCUT2D eigenvalue weighted by Crippen LogP contribution is -2.40. The van der Waals surface area contributed by atoms with Crippen LogP contribution in [0.5, 0.6) is 0 Å². The van der Waals surface area contributed by atoms with E-state index in [0.717, 1.165) is 6.26 Å². The minimum absolute atomic E-state index is 0.0404. The van der Waals surface area contributed by atoms with Crippen LogP contribution in [-0.2, 0) is 15.6 Å². The Balaban J connectivity index is 2.12. The summed E-state index contributed by atoms with van der Waals surface area (Å²) in [5.74, 6) is -0.347. The summed E-state index contributed by atoms with van der Waals surface area (Å²) >= 11 is 0. The summed E-state index contributed by atoms with van der Waals surface area (Å²) in [6.07, 6.45) is 0.191. The minimum Gasteiger partial charge on any atom is -0.387 e. The summed E-state index contributed by atoms with van der Waals surface area (Å²) in [7, 11) is -3.19. The number of sulfone groups is 1. The van der Waals surface area contributed by atoms with Crippen LogP contribution in [0, 0.1) is 11.7 Å². The summed E-state index contributed by atoms with van der Waals surface area (Å²) < 4.78 is 36.1. The predicted molar refractivity (Wildman–Crippen MR) is 112 cm³/mol. The van der Waals surface area contributed by atoms with Crippen LogP contribution in [-0.4, -0.2) is 43.8 Å². The lowest BCUT2D eigenvalue weighted by molar-refractivity contribution is 0.121. The molecule has 2 N–H and O–H groups in total. The number of carbonyl (C=O) groups is 1. The number of nitrogens with zero attached hydrogens (tertiary/aromatic N) is 1. The topological polar surface area (TPSA) is 86.7 Å². The van der Waals surface area contributed by atoms with Gasteiger partial charge in [0.25, 0.3) is 0 Å². The molecule has 0 heterocycles. The highest BCUT2D eigenvalue weighted by Crippen LogP contribution is 2.18. The fraction of sp³-hybridized carbons (Fsp3) is 0.381. The molecule has 2 aromatic rings. The molecular formula is C21H27FN2O4S. The molecule has 0 radical (unpaired) electrons. The molecule has 0 fully saturated rings. The first-order valence-electron chi connectivity index (χ1n) is 9.29. The molecule has 2 rings (SSSR count). The van der Waals surface area contributed by atoms with Crippen molar-refractivity contribution in [2.45, 2.75) is 25.7 Å². The molecule has 1 atom stereocenters. The first kappa shape index (κ1) is 22.8. The SMILES string of the molecule is CC(C)CN(CC(O)c1ccc(F)cc1)C(=O)Nc1cccc(CS(C)(=O)=O)c1. The summed E-state index contributed by atoms with van der Waals surface area (Å²) in [5, 5.41) is 13.2. The van der Waals surface area contributed by atoms with E-state index in [0.29, 0.717) is 23.4 Å². The number of anilines is 1. The van der Waals surface area contributed by atoms with Gasteiger partial charge in [-0.25, -0.2) is 17.6 Å². The van der Waals surface area contributed by atoms with Crippen molar-refractivity contribution in [3.8, 4) is 0 Å². The Morgan fingerprint density at radius 1 is 1.14 bits per heavy atom. The van der Waals surface area contributed by atoms with Crippen LogP contribution in [0.15, 0.2) is 48.5 Å². The highest BCUT2D eigenvalue weighted by atomic mass is 32.2. The number of benzene rings is 2. The Bertz CT molecular complexity index is 930. The van der Waals surface area contributed by atoms with Gasteiger partial charge < -0.3 is 15.3 Å². The summed E-state index contributed by atoms with van der Waals surface area (Å²) in [6.45, 7) is 4.36. The van der Waals surface area contributed by atoms with Crippen LogP contribution in [0.3, 0.4) is 0 Å². The first-order valence-corrected chi connectivity index (χ1v) is 11.4. The van der Waals surface area contributed by atoms with E-state index in [2.05, 4.69) is 5.32 Å². The van der Waals surface area contributed by atoms with Crippen LogP contribution >= 0.6 is 0 Å². The lowest BCUT2D eigenvalue weighted by atomic mass is 10.1. The van der Waals surface area contributed by atoms with E-state index in [4.69, 9.17) is 0 Å². The fourth-order valence-electron chi connectivity index (χ4n) is 2.92. The zero-order chi connectivity index (χ0) is 21.6. The number of carbonyl (C=O) groups excluding carboxylic acids is 1. The predicted octanol–water partition coefficient (Wildman–Crippen LogP) is 3.59. The normalized spacial score (nSPS) is 12.6. The van der Waals surface area contributed by atoms with E-state index in [9.17, 15) is 22.7 Å². The highest BCUT2D eigenvalue weighted by molar-refractivity contribution is 7.89. The molecule has 1 unspecified atom stereocenters. The first-order chi connectivity index (χ1) is 13.5.